The molecule has 16 heteroatoms. The molecule has 0 aliphatic carbocycles. The Morgan fingerprint density at radius 3 is 1.26 bits per heavy atom. The lowest BCUT2D eigenvalue weighted by atomic mass is 9.97. The van der Waals surface area contributed by atoms with Crippen molar-refractivity contribution in [3.8, 4) is 75.2 Å². The molecule has 0 fully saturated rings. The first-order chi connectivity index (χ1) is 46.9. The smallest absolute Gasteiger partial charge is 0.168 e. The van der Waals surface area contributed by atoms with E-state index in [4.69, 9.17) is 36.4 Å². The van der Waals surface area contributed by atoms with Gasteiger partial charge in [0.2, 0.25) is 0 Å². The fourth-order valence-electron chi connectivity index (χ4n) is 13.7. The first-order valence-corrected chi connectivity index (χ1v) is 41.4. The van der Waals surface area contributed by atoms with Gasteiger partial charge in [-0.15, -0.1) is 45.3 Å². The molecule has 96 heavy (non-hydrogen) atoms. The van der Waals surface area contributed by atoms with Crippen LogP contribution in [-0.2, 0) is 0 Å². The van der Waals surface area contributed by atoms with Gasteiger partial charge >= 0.3 is 0 Å². The van der Waals surface area contributed by atoms with Gasteiger partial charge in [-0.3, -0.25) is 0 Å². The summed E-state index contributed by atoms with van der Waals surface area (Å²) in [6, 6.07) is 15.9. The minimum Gasteiger partial charge on any atom is -0.493 e. The number of aromatic nitrogens is 4. The number of thiophene rings is 4. The molecule has 0 aliphatic rings. The standard InChI is InChI=1S/C80H104F2N4O4S6/c1-11-17-21-23-25-27-29-31-33-35-45-87-75-52(8)66(72-71(54(75)10)83-95-84-72)63-43-41-61(92-63)57-39-40-58(70(82)69(57)81)62-42-44-64(93-62)68-74-73(85-96-86-74)67(53(9)76(68)88-46-36-34-32-30-28-26-24-22-18-12-2)65-48-60-78(90-50-56(16-6)38-20-14-4)79-59(47-51(7)91-79)77(80(60)94-65)89-49-55(15-5)37-19-13-3/h39-44,47-48,55-56H,11-38,45-46,49-50H2,1-10H3. The molecule has 4 aromatic carbocycles. The van der Waals surface area contributed by atoms with Crippen LogP contribution in [0.5, 0.6) is 23.0 Å². The predicted molar refractivity (Wildman–Crippen MR) is 413 cm³/mol. The van der Waals surface area contributed by atoms with Crippen molar-refractivity contribution in [1.29, 1.82) is 0 Å². The van der Waals surface area contributed by atoms with Gasteiger partial charge in [0.1, 0.15) is 45.1 Å². The zero-order valence-electron chi connectivity index (χ0n) is 59.0. The van der Waals surface area contributed by atoms with Crippen molar-refractivity contribution in [1.82, 2.24) is 17.5 Å². The van der Waals surface area contributed by atoms with E-state index in [1.165, 1.54) is 167 Å². The number of aryl methyl sites for hydroxylation is 2. The highest BCUT2D eigenvalue weighted by atomic mass is 32.1. The molecule has 10 rings (SSSR count). The van der Waals surface area contributed by atoms with Crippen molar-refractivity contribution in [3.63, 3.8) is 0 Å². The third-order valence-corrected chi connectivity index (χ3v) is 25.1. The van der Waals surface area contributed by atoms with Gasteiger partial charge in [0.05, 0.1) is 64.8 Å². The first kappa shape index (κ1) is 73.6. The summed E-state index contributed by atoms with van der Waals surface area (Å²) in [7, 11) is 0. The number of hydrogen-bond acceptors (Lipinski definition) is 14. The first-order valence-electron chi connectivity index (χ1n) is 36.7. The second-order valence-corrected chi connectivity index (χ2v) is 32.4. The van der Waals surface area contributed by atoms with Crippen molar-refractivity contribution in [2.75, 3.05) is 26.4 Å². The average molecular weight is 1420 g/mol. The molecule has 6 heterocycles. The van der Waals surface area contributed by atoms with Crippen molar-refractivity contribution in [2.24, 2.45) is 11.8 Å². The van der Waals surface area contributed by atoms with Crippen LogP contribution < -0.4 is 18.9 Å². The molecule has 518 valence electrons. The van der Waals surface area contributed by atoms with Crippen LogP contribution in [0.3, 0.4) is 0 Å². The van der Waals surface area contributed by atoms with E-state index < -0.39 is 11.6 Å². The highest BCUT2D eigenvalue weighted by Gasteiger charge is 2.30. The molecule has 0 N–H and O–H groups in total. The van der Waals surface area contributed by atoms with E-state index in [-0.39, 0.29) is 11.1 Å². The lowest BCUT2D eigenvalue weighted by Crippen LogP contribution is -2.12. The van der Waals surface area contributed by atoms with Gasteiger partial charge in [-0.05, 0) is 114 Å². The highest BCUT2D eigenvalue weighted by molar-refractivity contribution is 7.24. The number of halogens is 2. The lowest BCUT2D eigenvalue weighted by Gasteiger charge is -2.19. The Balaban J connectivity index is 0.970. The molecule has 2 atom stereocenters. The summed E-state index contributed by atoms with van der Waals surface area (Å²) < 4.78 is 83.9. The monoisotopic (exact) mass is 1410 g/mol. The van der Waals surface area contributed by atoms with Gasteiger partial charge in [0.15, 0.2) is 11.6 Å². The van der Waals surface area contributed by atoms with Crippen LogP contribution in [0.15, 0.2) is 48.5 Å². The maximum Gasteiger partial charge on any atom is 0.168 e. The van der Waals surface area contributed by atoms with Crippen molar-refractivity contribution < 1.29 is 27.7 Å². The van der Waals surface area contributed by atoms with Crippen molar-refractivity contribution >= 4 is 111 Å². The van der Waals surface area contributed by atoms with Gasteiger partial charge in [0, 0.05) is 79.0 Å². The summed E-state index contributed by atoms with van der Waals surface area (Å²) >= 11 is 8.78. The van der Waals surface area contributed by atoms with Crippen LogP contribution in [0.1, 0.15) is 243 Å². The Bertz CT molecular complexity index is 4020. The van der Waals surface area contributed by atoms with Crippen LogP contribution >= 0.6 is 68.8 Å². The minimum absolute atomic E-state index is 0.203. The Kier molecular flexibility index (Phi) is 28.2. The molecular formula is C80H104F2N4O4S6. The van der Waals surface area contributed by atoms with Crippen LogP contribution in [-0.4, -0.2) is 43.9 Å². The summed E-state index contributed by atoms with van der Waals surface area (Å²) in [5.74, 6) is 2.59. The van der Waals surface area contributed by atoms with Gasteiger partial charge in [-0.25, -0.2) is 8.78 Å². The molecule has 0 saturated heterocycles. The Morgan fingerprint density at radius 2 is 0.760 bits per heavy atom. The molecule has 0 aliphatic heterocycles. The zero-order chi connectivity index (χ0) is 67.5. The molecule has 0 saturated carbocycles. The number of benzene rings is 4. The largest absolute Gasteiger partial charge is 0.493 e. The fraction of sp³-hybridized carbons (Fsp3) is 0.550. The maximum absolute atomic E-state index is 17.1. The van der Waals surface area contributed by atoms with E-state index in [2.05, 4.69) is 81.4 Å². The maximum atomic E-state index is 17.1. The molecule has 10 aromatic rings. The van der Waals surface area contributed by atoms with Gasteiger partial charge in [0.25, 0.3) is 0 Å². The number of hydrogen-bond donors (Lipinski definition) is 0. The average Bonchev–Trinajstić information content (AvgIpc) is 1.57. The molecule has 0 bridgehead atoms. The number of rotatable bonds is 43. The van der Waals surface area contributed by atoms with Gasteiger partial charge in [-0.1, -0.05) is 196 Å². The quantitative estimate of drug-likeness (QED) is 0.0349. The van der Waals surface area contributed by atoms with E-state index in [0.29, 0.717) is 48.0 Å². The summed E-state index contributed by atoms with van der Waals surface area (Å²) in [5.41, 5.74) is 9.23. The summed E-state index contributed by atoms with van der Waals surface area (Å²) in [6.07, 6.45) is 33.9. The van der Waals surface area contributed by atoms with E-state index in [1.807, 2.05) is 24.3 Å². The third kappa shape index (κ3) is 17.5. The summed E-state index contributed by atoms with van der Waals surface area (Å²) in [6.45, 7) is 24.6. The SMILES string of the molecule is CCCCCCCCCCCCOc1c(C)c(-c2ccc(-c3ccc(-c4ccc(-c5c(OCCCCCCCCCCCC)c(C)c(-c6cc7c(OCC(CC)CCCC)c8sc(C)cc8c(OCC(CC)CCCC)c7s6)c6nsnc56)s4)c(F)c3F)s2)c2nsnc2c1C. The second-order valence-electron chi connectivity index (χ2n) is 26.8. The predicted octanol–water partition coefficient (Wildman–Crippen LogP) is 27.9. The molecule has 0 amide bonds. The van der Waals surface area contributed by atoms with E-state index in [1.54, 1.807) is 34.8 Å². The number of unbranched alkanes of at least 4 members (excludes halogenated alkanes) is 20. The Hall–Kier alpha value is -5.10. The highest BCUT2D eigenvalue weighted by Crippen LogP contribution is 2.55. The number of fused-ring (bicyclic) bond motifs is 4. The van der Waals surface area contributed by atoms with E-state index >= 15 is 8.78 Å². The van der Waals surface area contributed by atoms with Gasteiger partial charge in [-0.2, -0.15) is 17.5 Å². The molecule has 0 spiro atoms. The van der Waals surface area contributed by atoms with Crippen LogP contribution in [0.4, 0.5) is 8.78 Å². The molecular weight excluding hydrogens is 1310 g/mol. The summed E-state index contributed by atoms with van der Waals surface area (Å²) in [4.78, 5) is 5.27. The number of nitrogens with zero attached hydrogens (tertiary/aromatic N) is 4. The van der Waals surface area contributed by atoms with Gasteiger partial charge < -0.3 is 18.9 Å². The topological polar surface area (TPSA) is 88.5 Å². The van der Waals surface area contributed by atoms with Crippen molar-refractivity contribution in [3.05, 3.63) is 81.7 Å². The molecule has 8 nitrogen and oxygen atoms in total. The van der Waals surface area contributed by atoms with E-state index in [9.17, 15) is 0 Å². The Labute approximate surface area is 596 Å². The molecule has 2 unspecified atom stereocenters. The third-order valence-electron chi connectivity index (χ3n) is 19.6. The molecule has 6 aromatic heterocycles. The minimum atomic E-state index is -0.885. The zero-order valence-corrected chi connectivity index (χ0v) is 63.9. The van der Waals surface area contributed by atoms with Crippen LogP contribution in [0, 0.1) is 51.2 Å². The second kappa shape index (κ2) is 36.8. The van der Waals surface area contributed by atoms with E-state index in [0.717, 1.165) is 177 Å². The Morgan fingerprint density at radius 1 is 0.365 bits per heavy atom. The molecule has 0 radical (unpaired) electrons. The van der Waals surface area contributed by atoms with Crippen molar-refractivity contribution in [2.45, 2.75) is 249 Å². The van der Waals surface area contributed by atoms with Crippen LogP contribution in [0.2, 0.25) is 0 Å². The lowest BCUT2D eigenvalue weighted by molar-refractivity contribution is 0.235. The fourth-order valence-corrected chi connectivity index (χ4v) is 19.4. The number of ether oxygens (including phenoxy) is 4. The summed E-state index contributed by atoms with van der Waals surface area (Å²) in [5, 5.41) is 2.18. The van der Waals surface area contributed by atoms with Crippen LogP contribution in [0.25, 0.3) is 94.4 Å². The normalized spacial score (nSPS) is 12.6.